The fourth-order valence-corrected chi connectivity index (χ4v) is 2.53. The van der Waals surface area contributed by atoms with E-state index in [0.29, 0.717) is 13.2 Å². The average Bonchev–Trinajstić information content (AvgIpc) is 3.09. The van der Waals surface area contributed by atoms with Gasteiger partial charge in [-0.15, -0.1) is 0 Å². The molecule has 6 heteroatoms. The molecule has 0 aromatic heterocycles. The molecule has 2 aliphatic heterocycles. The topological polar surface area (TPSA) is 69.2 Å². The first-order chi connectivity index (χ1) is 10.2. The summed E-state index contributed by atoms with van der Waals surface area (Å²) in [5.41, 5.74) is 1.76. The van der Waals surface area contributed by atoms with E-state index in [2.05, 4.69) is 10.5 Å². The van der Waals surface area contributed by atoms with Crippen LogP contribution in [0.25, 0.3) is 0 Å². The summed E-state index contributed by atoms with van der Waals surface area (Å²) in [5, 5.41) is 6.84. The van der Waals surface area contributed by atoms with Crippen LogP contribution < -0.4 is 5.32 Å². The van der Waals surface area contributed by atoms with Crippen LogP contribution in [0, 0.1) is 5.92 Å². The average molecular weight is 290 g/mol. The van der Waals surface area contributed by atoms with Gasteiger partial charge in [-0.25, -0.2) is 4.79 Å². The second-order valence-corrected chi connectivity index (χ2v) is 5.23. The minimum atomic E-state index is -0.462. The number of nitrogens with one attached hydrogen (secondary N) is 1. The SMILES string of the molecule is CC(NC(=O)OCc1ccccc1)C1=NO[C@@H]2COC[C@H]12. The molecular weight excluding hydrogens is 272 g/mol. The Labute approximate surface area is 123 Å². The van der Waals surface area contributed by atoms with Crippen molar-refractivity contribution >= 4 is 11.8 Å². The summed E-state index contributed by atoms with van der Waals surface area (Å²) in [5.74, 6) is 0.134. The standard InChI is InChI=1S/C15H18N2O4/c1-10(14-12-8-19-9-13(12)21-17-14)16-15(18)20-7-11-5-3-2-4-6-11/h2-6,10,12-13H,7-9H2,1H3,(H,16,18)/t10?,12-,13+/m0/s1. The van der Waals surface area contributed by atoms with Crippen LogP contribution in [-0.2, 0) is 20.9 Å². The van der Waals surface area contributed by atoms with Crippen LogP contribution in [0.2, 0.25) is 0 Å². The lowest BCUT2D eigenvalue weighted by Gasteiger charge is -2.16. The van der Waals surface area contributed by atoms with Gasteiger partial charge < -0.3 is 19.6 Å². The smallest absolute Gasteiger partial charge is 0.407 e. The second kappa shape index (κ2) is 6.13. The lowest BCUT2D eigenvalue weighted by Crippen LogP contribution is -2.42. The molecule has 1 amide bonds. The molecule has 0 saturated carbocycles. The van der Waals surface area contributed by atoms with Gasteiger partial charge in [-0.2, -0.15) is 0 Å². The molecule has 21 heavy (non-hydrogen) atoms. The molecule has 112 valence electrons. The van der Waals surface area contributed by atoms with E-state index >= 15 is 0 Å². The summed E-state index contributed by atoms with van der Waals surface area (Å²) in [4.78, 5) is 17.1. The van der Waals surface area contributed by atoms with Crippen molar-refractivity contribution in [3.8, 4) is 0 Å². The van der Waals surface area contributed by atoms with Gasteiger partial charge in [0.2, 0.25) is 0 Å². The van der Waals surface area contributed by atoms with E-state index in [9.17, 15) is 4.79 Å². The summed E-state index contributed by atoms with van der Waals surface area (Å²) in [6, 6.07) is 9.32. The Bertz CT molecular complexity index is 532. The van der Waals surface area contributed by atoms with E-state index < -0.39 is 6.09 Å². The molecule has 1 fully saturated rings. The number of carbonyl (C=O) groups excluding carboxylic acids is 1. The Hall–Kier alpha value is -2.08. The normalized spacial score (nSPS) is 24.7. The third-order valence-corrected chi connectivity index (χ3v) is 3.69. The first-order valence-corrected chi connectivity index (χ1v) is 7.02. The molecule has 1 aromatic carbocycles. The molecule has 0 aliphatic carbocycles. The lowest BCUT2D eigenvalue weighted by molar-refractivity contribution is 0.0557. The molecule has 2 aliphatic rings. The number of fused-ring (bicyclic) bond motifs is 1. The number of carbonyl (C=O) groups is 1. The fourth-order valence-electron chi connectivity index (χ4n) is 2.53. The molecule has 0 spiro atoms. The third kappa shape index (κ3) is 3.16. The van der Waals surface area contributed by atoms with Crippen LogP contribution >= 0.6 is 0 Å². The lowest BCUT2D eigenvalue weighted by atomic mass is 9.96. The van der Waals surface area contributed by atoms with Gasteiger partial charge in [0.1, 0.15) is 6.61 Å². The number of rotatable bonds is 4. The summed E-state index contributed by atoms with van der Waals surface area (Å²) < 4.78 is 10.5. The van der Waals surface area contributed by atoms with Gasteiger partial charge in [-0.1, -0.05) is 35.5 Å². The summed E-state index contributed by atoms with van der Waals surface area (Å²) >= 11 is 0. The van der Waals surface area contributed by atoms with E-state index in [-0.39, 0.29) is 24.7 Å². The Kier molecular flexibility index (Phi) is 4.06. The summed E-state index contributed by atoms with van der Waals surface area (Å²) in [7, 11) is 0. The molecule has 1 N–H and O–H groups in total. The highest BCUT2D eigenvalue weighted by Gasteiger charge is 2.41. The van der Waals surface area contributed by atoms with E-state index in [1.54, 1.807) is 0 Å². The van der Waals surface area contributed by atoms with Crippen molar-refractivity contribution < 1.29 is 19.1 Å². The maximum absolute atomic E-state index is 11.8. The van der Waals surface area contributed by atoms with Crippen molar-refractivity contribution in [2.45, 2.75) is 25.7 Å². The largest absolute Gasteiger partial charge is 0.445 e. The zero-order chi connectivity index (χ0) is 14.7. The van der Waals surface area contributed by atoms with Gasteiger partial charge >= 0.3 is 6.09 Å². The van der Waals surface area contributed by atoms with Gasteiger partial charge in [0.15, 0.2) is 6.10 Å². The number of amides is 1. The Morgan fingerprint density at radius 3 is 3.05 bits per heavy atom. The maximum Gasteiger partial charge on any atom is 0.407 e. The highest BCUT2D eigenvalue weighted by molar-refractivity contribution is 5.94. The fraction of sp³-hybridized carbons (Fsp3) is 0.467. The molecule has 0 radical (unpaired) electrons. The number of hydrogen-bond acceptors (Lipinski definition) is 5. The number of oxime groups is 1. The van der Waals surface area contributed by atoms with E-state index in [4.69, 9.17) is 14.3 Å². The molecule has 0 bridgehead atoms. The van der Waals surface area contributed by atoms with Crippen LogP contribution in [0.3, 0.4) is 0 Å². The second-order valence-electron chi connectivity index (χ2n) is 5.23. The number of ether oxygens (including phenoxy) is 2. The van der Waals surface area contributed by atoms with Crippen LogP contribution in [0.4, 0.5) is 4.79 Å². The van der Waals surface area contributed by atoms with Gasteiger partial charge in [-0.3, -0.25) is 0 Å². The highest BCUT2D eigenvalue weighted by atomic mass is 16.7. The molecular formula is C15H18N2O4. The number of benzene rings is 1. The first-order valence-electron chi connectivity index (χ1n) is 7.02. The first kappa shape index (κ1) is 13.9. The predicted molar refractivity (Wildman–Crippen MR) is 75.8 cm³/mol. The number of hydrogen-bond donors (Lipinski definition) is 1. The van der Waals surface area contributed by atoms with Crippen molar-refractivity contribution in [1.29, 1.82) is 0 Å². The molecule has 3 rings (SSSR count). The van der Waals surface area contributed by atoms with Crippen molar-refractivity contribution in [2.75, 3.05) is 13.2 Å². The summed E-state index contributed by atoms with van der Waals surface area (Å²) in [6.07, 6.45) is -0.471. The summed E-state index contributed by atoms with van der Waals surface area (Å²) in [6.45, 7) is 3.27. The van der Waals surface area contributed by atoms with Crippen LogP contribution in [0.1, 0.15) is 12.5 Å². The molecule has 1 saturated heterocycles. The molecule has 3 atom stereocenters. The minimum Gasteiger partial charge on any atom is -0.445 e. The van der Waals surface area contributed by atoms with E-state index in [1.165, 1.54) is 0 Å². The molecule has 2 heterocycles. The monoisotopic (exact) mass is 290 g/mol. The zero-order valence-electron chi connectivity index (χ0n) is 11.8. The van der Waals surface area contributed by atoms with E-state index in [0.717, 1.165) is 11.3 Å². The van der Waals surface area contributed by atoms with Crippen molar-refractivity contribution in [3.63, 3.8) is 0 Å². The quantitative estimate of drug-likeness (QED) is 0.916. The Morgan fingerprint density at radius 1 is 1.43 bits per heavy atom. The van der Waals surface area contributed by atoms with Gasteiger partial charge in [0.05, 0.1) is 30.9 Å². The van der Waals surface area contributed by atoms with Gasteiger partial charge in [0, 0.05) is 0 Å². The van der Waals surface area contributed by atoms with Crippen molar-refractivity contribution in [1.82, 2.24) is 5.32 Å². The van der Waals surface area contributed by atoms with E-state index in [1.807, 2.05) is 37.3 Å². The number of alkyl carbamates (subject to hydrolysis) is 1. The van der Waals surface area contributed by atoms with Crippen molar-refractivity contribution in [2.24, 2.45) is 11.1 Å². The van der Waals surface area contributed by atoms with Gasteiger partial charge in [0.25, 0.3) is 0 Å². The number of nitrogens with zero attached hydrogens (tertiary/aromatic N) is 1. The molecule has 6 nitrogen and oxygen atoms in total. The Morgan fingerprint density at radius 2 is 2.24 bits per heavy atom. The Balaban J connectivity index is 1.48. The van der Waals surface area contributed by atoms with Crippen LogP contribution in [-0.4, -0.2) is 37.2 Å². The maximum atomic E-state index is 11.8. The highest BCUT2D eigenvalue weighted by Crippen LogP contribution is 2.26. The van der Waals surface area contributed by atoms with Gasteiger partial charge in [-0.05, 0) is 12.5 Å². The van der Waals surface area contributed by atoms with Crippen LogP contribution in [0.15, 0.2) is 35.5 Å². The zero-order valence-corrected chi connectivity index (χ0v) is 11.8. The third-order valence-electron chi connectivity index (χ3n) is 3.69. The molecule has 1 unspecified atom stereocenters. The molecule has 1 aromatic rings. The van der Waals surface area contributed by atoms with Crippen LogP contribution in [0.5, 0.6) is 0 Å². The minimum absolute atomic E-state index is 0.00964. The van der Waals surface area contributed by atoms with Crippen molar-refractivity contribution in [3.05, 3.63) is 35.9 Å². The predicted octanol–water partition coefficient (Wildman–Crippen LogP) is 1.70.